The maximum atomic E-state index is 6.23. The Morgan fingerprint density at radius 3 is 2.69 bits per heavy atom. The van der Waals surface area contributed by atoms with E-state index < -0.39 is 5.00 Å². The highest BCUT2D eigenvalue weighted by atomic mass is 35.5. The predicted octanol–water partition coefficient (Wildman–Crippen LogP) is 5.08. The number of benzene rings is 1. The number of allylic oxidation sites excluding steroid dienone is 1. The Balaban J connectivity index is 2.51. The van der Waals surface area contributed by atoms with Crippen LogP contribution in [0.1, 0.15) is 26.2 Å². The van der Waals surface area contributed by atoms with E-state index in [1.807, 2.05) is 43.3 Å². The molecule has 2 nitrogen and oxygen atoms in total. The zero-order valence-corrected chi connectivity index (χ0v) is 10.3. The van der Waals surface area contributed by atoms with Crippen LogP contribution in [0.2, 0.25) is 0 Å². The van der Waals surface area contributed by atoms with Crippen LogP contribution >= 0.6 is 11.6 Å². The molecule has 0 heterocycles. The molecule has 1 atom stereocenters. The van der Waals surface area contributed by atoms with Gasteiger partial charge < -0.3 is 0 Å². The Morgan fingerprint density at radius 1 is 1.38 bits per heavy atom. The van der Waals surface area contributed by atoms with E-state index in [0.717, 1.165) is 24.9 Å². The predicted molar refractivity (Wildman–Crippen MR) is 69.3 cm³/mol. The van der Waals surface area contributed by atoms with Crippen LogP contribution in [-0.4, -0.2) is 5.00 Å². The van der Waals surface area contributed by atoms with Gasteiger partial charge in [-0.15, -0.1) is 6.58 Å². The Morgan fingerprint density at radius 2 is 2.06 bits per heavy atom. The van der Waals surface area contributed by atoms with Crippen LogP contribution < -0.4 is 0 Å². The van der Waals surface area contributed by atoms with E-state index in [4.69, 9.17) is 11.6 Å². The first kappa shape index (κ1) is 12.9. The molecule has 0 bridgehead atoms. The fraction of sp³-hybridized carbons (Fsp3) is 0.385. The first-order valence-corrected chi connectivity index (χ1v) is 5.79. The van der Waals surface area contributed by atoms with Crippen molar-refractivity contribution >= 4 is 17.3 Å². The topological polar surface area (TPSA) is 24.7 Å². The molecule has 1 aromatic rings. The van der Waals surface area contributed by atoms with Gasteiger partial charge in [-0.3, -0.25) is 0 Å². The standard InChI is InChI=1S/C13H17ClN2/c1-3-4-8-11-13(2,14)16-15-12-9-6-5-7-10-12/h3,5-7,9-10H,1,4,8,11H2,2H3. The van der Waals surface area contributed by atoms with E-state index in [1.165, 1.54) is 0 Å². The summed E-state index contributed by atoms with van der Waals surface area (Å²) in [5, 5.41) is 8.28. The van der Waals surface area contributed by atoms with Crippen LogP contribution in [0.3, 0.4) is 0 Å². The highest BCUT2D eigenvalue weighted by Gasteiger charge is 2.18. The third-order valence-electron chi connectivity index (χ3n) is 2.17. The fourth-order valence-electron chi connectivity index (χ4n) is 1.28. The molecule has 0 amide bonds. The minimum absolute atomic E-state index is 0.612. The SMILES string of the molecule is C=CCCCC(C)(Cl)N=Nc1ccccc1. The van der Waals surface area contributed by atoms with Crippen molar-refractivity contribution in [2.24, 2.45) is 10.2 Å². The molecule has 1 aromatic carbocycles. The van der Waals surface area contributed by atoms with Crippen LogP contribution in [0.4, 0.5) is 5.69 Å². The molecule has 0 N–H and O–H groups in total. The van der Waals surface area contributed by atoms with Crippen LogP contribution in [-0.2, 0) is 0 Å². The van der Waals surface area contributed by atoms with Gasteiger partial charge in [0.05, 0.1) is 5.69 Å². The zero-order valence-electron chi connectivity index (χ0n) is 9.56. The second-order valence-electron chi connectivity index (χ2n) is 3.86. The first-order valence-electron chi connectivity index (χ1n) is 5.42. The molecular formula is C13H17ClN2. The van der Waals surface area contributed by atoms with Crippen LogP contribution in [0.15, 0.2) is 53.2 Å². The Bertz CT molecular complexity index is 344. The van der Waals surface area contributed by atoms with Crippen LogP contribution in [0, 0.1) is 0 Å². The number of azo groups is 1. The second-order valence-corrected chi connectivity index (χ2v) is 4.67. The number of halogens is 1. The van der Waals surface area contributed by atoms with E-state index in [9.17, 15) is 0 Å². The van der Waals surface area contributed by atoms with Crippen molar-refractivity contribution in [3.8, 4) is 0 Å². The Kier molecular flexibility index (Phi) is 5.20. The van der Waals surface area contributed by atoms with E-state index in [-0.39, 0.29) is 0 Å². The van der Waals surface area contributed by atoms with Crippen LogP contribution in [0.25, 0.3) is 0 Å². The molecule has 0 aliphatic heterocycles. The summed E-state index contributed by atoms with van der Waals surface area (Å²) in [6.45, 7) is 5.56. The van der Waals surface area contributed by atoms with E-state index in [1.54, 1.807) is 0 Å². The third kappa shape index (κ3) is 5.08. The highest BCUT2D eigenvalue weighted by molar-refractivity contribution is 6.23. The second kappa shape index (κ2) is 6.44. The molecule has 0 fully saturated rings. The Labute approximate surface area is 102 Å². The lowest BCUT2D eigenvalue weighted by Gasteiger charge is -2.14. The van der Waals surface area contributed by atoms with Gasteiger partial charge in [-0.25, -0.2) is 0 Å². The summed E-state index contributed by atoms with van der Waals surface area (Å²) in [5.41, 5.74) is 0.832. The minimum Gasteiger partial charge on any atom is -0.166 e. The van der Waals surface area contributed by atoms with Crippen molar-refractivity contribution in [2.75, 3.05) is 0 Å². The number of alkyl halides is 1. The van der Waals surface area contributed by atoms with Crippen LogP contribution in [0.5, 0.6) is 0 Å². The van der Waals surface area contributed by atoms with Crippen molar-refractivity contribution < 1.29 is 0 Å². The zero-order chi connectivity index (χ0) is 11.9. The summed E-state index contributed by atoms with van der Waals surface area (Å²) < 4.78 is 0. The third-order valence-corrected chi connectivity index (χ3v) is 2.44. The lowest BCUT2D eigenvalue weighted by atomic mass is 10.1. The molecule has 0 saturated heterocycles. The summed E-state index contributed by atoms with van der Waals surface area (Å²) in [6.07, 6.45) is 4.64. The van der Waals surface area contributed by atoms with Crippen molar-refractivity contribution in [2.45, 2.75) is 31.2 Å². The monoisotopic (exact) mass is 236 g/mol. The number of hydrogen-bond donors (Lipinski definition) is 0. The normalized spacial score (nSPS) is 14.9. The van der Waals surface area contributed by atoms with E-state index >= 15 is 0 Å². The first-order chi connectivity index (χ1) is 7.64. The van der Waals surface area contributed by atoms with Gasteiger partial charge >= 0.3 is 0 Å². The van der Waals surface area contributed by atoms with Gasteiger partial charge in [0.2, 0.25) is 0 Å². The minimum atomic E-state index is -0.612. The molecule has 0 saturated carbocycles. The van der Waals surface area contributed by atoms with Gasteiger partial charge in [0.15, 0.2) is 5.00 Å². The van der Waals surface area contributed by atoms with Crippen molar-refractivity contribution in [1.29, 1.82) is 0 Å². The molecule has 1 rings (SSSR count). The quantitative estimate of drug-likeness (QED) is 0.216. The average Bonchev–Trinajstić information content (AvgIpc) is 2.28. The maximum absolute atomic E-state index is 6.23. The van der Waals surface area contributed by atoms with Crippen molar-refractivity contribution in [3.05, 3.63) is 43.0 Å². The van der Waals surface area contributed by atoms with Gasteiger partial charge in [0, 0.05) is 0 Å². The van der Waals surface area contributed by atoms with E-state index in [0.29, 0.717) is 0 Å². The van der Waals surface area contributed by atoms with Crippen molar-refractivity contribution in [3.63, 3.8) is 0 Å². The number of unbranched alkanes of at least 4 members (excludes halogenated alkanes) is 1. The Hall–Kier alpha value is -1.15. The molecule has 0 aromatic heterocycles. The number of hydrogen-bond acceptors (Lipinski definition) is 2. The van der Waals surface area contributed by atoms with Gasteiger partial charge in [0.25, 0.3) is 0 Å². The van der Waals surface area contributed by atoms with E-state index in [2.05, 4.69) is 16.8 Å². The van der Waals surface area contributed by atoms with Gasteiger partial charge in [-0.2, -0.15) is 10.2 Å². The van der Waals surface area contributed by atoms with Gasteiger partial charge in [-0.05, 0) is 38.3 Å². The molecular weight excluding hydrogens is 220 g/mol. The van der Waals surface area contributed by atoms with Crippen molar-refractivity contribution in [1.82, 2.24) is 0 Å². The number of rotatable bonds is 6. The molecule has 3 heteroatoms. The highest BCUT2D eigenvalue weighted by Crippen LogP contribution is 2.26. The number of nitrogens with zero attached hydrogens (tertiary/aromatic N) is 2. The van der Waals surface area contributed by atoms with Gasteiger partial charge in [0.1, 0.15) is 0 Å². The largest absolute Gasteiger partial charge is 0.166 e. The summed E-state index contributed by atoms with van der Waals surface area (Å²) in [4.78, 5) is -0.612. The average molecular weight is 237 g/mol. The molecule has 0 aliphatic carbocycles. The molecule has 0 aliphatic rings. The lowest BCUT2D eigenvalue weighted by molar-refractivity contribution is 0.552. The molecule has 0 radical (unpaired) electrons. The molecule has 1 unspecified atom stereocenters. The molecule has 0 spiro atoms. The van der Waals surface area contributed by atoms with Gasteiger partial charge in [-0.1, -0.05) is 35.9 Å². The fourth-order valence-corrected chi connectivity index (χ4v) is 1.45. The molecule has 86 valence electrons. The summed E-state index contributed by atoms with van der Waals surface area (Å²) >= 11 is 6.23. The smallest absolute Gasteiger partial charge is 0.152 e. The lowest BCUT2D eigenvalue weighted by Crippen LogP contribution is -2.11. The summed E-state index contributed by atoms with van der Waals surface area (Å²) in [5.74, 6) is 0. The molecule has 16 heavy (non-hydrogen) atoms. The summed E-state index contributed by atoms with van der Waals surface area (Å²) in [6, 6.07) is 9.61. The maximum Gasteiger partial charge on any atom is 0.152 e. The summed E-state index contributed by atoms with van der Waals surface area (Å²) in [7, 11) is 0.